The molecule has 0 N–H and O–H groups in total. The van der Waals surface area contributed by atoms with Crippen LogP contribution < -0.4 is 4.90 Å². The van der Waals surface area contributed by atoms with Crippen LogP contribution in [0.15, 0.2) is 22.7 Å². The highest BCUT2D eigenvalue weighted by Crippen LogP contribution is 2.36. The standard InChI is InChI=1S/C10H8BrNO2/c1-12-9-3-2-6(11)4-7(9)8(5-13)10(12)14/h2-5,8H,1H3. The van der Waals surface area contributed by atoms with Crippen molar-refractivity contribution >= 4 is 33.8 Å². The van der Waals surface area contributed by atoms with Crippen LogP contribution in [0.25, 0.3) is 0 Å². The maximum absolute atomic E-state index is 11.6. The number of rotatable bonds is 1. The number of carbonyl (C=O) groups is 2. The monoisotopic (exact) mass is 253 g/mol. The molecule has 1 aromatic carbocycles. The Hall–Kier alpha value is -1.16. The topological polar surface area (TPSA) is 37.4 Å². The summed E-state index contributed by atoms with van der Waals surface area (Å²) in [5.41, 5.74) is 1.59. The molecule has 1 heterocycles. The average Bonchev–Trinajstić information content (AvgIpc) is 2.39. The predicted molar refractivity (Wildman–Crippen MR) is 56.4 cm³/mol. The van der Waals surface area contributed by atoms with E-state index in [4.69, 9.17) is 0 Å². The second-order valence-corrected chi connectivity index (χ2v) is 4.13. The summed E-state index contributed by atoms with van der Waals surface area (Å²) in [7, 11) is 1.68. The molecular weight excluding hydrogens is 246 g/mol. The SMILES string of the molecule is CN1C(=O)C(C=O)c2cc(Br)ccc21. The van der Waals surface area contributed by atoms with Crippen LogP contribution in [0, 0.1) is 0 Å². The third kappa shape index (κ3) is 1.18. The molecule has 0 aliphatic carbocycles. The highest BCUT2D eigenvalue weighted by Gasteiger charge is 2.34. The van der Waals surface area contributed by atoms with Crippen molar-refractivity contribution in [3.63, 3.8) is 0 Å². The van der Waals surface area contributed by atoms with Crippen molar-refractivity contribution in [2.24, 2.45) is 0 Å². The molecule has 0 aromatic heterocycles. The fourth-order valence-electron chi connectivity index (χ4n) is 1.67. The zero-order valence-electron chi connectivity index (χ0n) is 7.53. The molecule has 72 valence electrons. The largest absolute Gasteiger partial charge is 0.314 e. The Labute approximate surface area is 89.8 Å². The number of likely N-dealkylation sites (N-methyl/N-ethyl adjacent to an activating group) is 1. The van der Waals surface area contributed by atoms with Crippen LogP contribution in [0.1, 0.15) is 11.5 Å². The van der Waals surface area contributed by atoms with E-state index in [2.05, 4.69) is 15.9 Å². The second-order valence-electron chi connectivity index (χ2n) is 3.21. The first-order valence-corrected chi connectivity index (χ1v) is 4.96. The van der Waals surface area contributed by atoms with Crippen molar-refractivity contribution in [3.8, 4) is 0 Å². The first-order valence-electron chi connectivity index (χ1n) is 4.17. The Morgan fingerprint density at radius 2 is 2.21 bits per heavy atom. The number of anilines is 1. The van der Waals surface area contributed by atoms with E-state index in [0.29, 0.717) is 6.29 Å². The lowest BCUT2D eigenvalue weighted by Crippen LogP contribution is -2.24. The van der Waals surface area contributed by atoms with Crippen molar-refractivity contribution in [2.75, 3.05) is 11.9 Å². The average molecular weight is 254 g/mol. The summed E-state index contributed by atoms with van der Waals surface area (Å²) in [6.07, 6.45) is 0.692. The normalized spacial score (nSPS) is 19.7. The second kappa shape index (κ2) is 3.20. The summed E-state index contributed by atoms with van der Waals surface area (Å²) in [4.78, 5) is 23.9. The van der Waals surface area contributed by atoms with Crippen LogP contribution in [0.4, 0.5) is 5.69 Å². The molecule has 4 heteroatoms. The number of aldehydes is 1. The van der Waals surface area contributed by atoms with E-state index in [1.54, 1.807) is 7.05 Å². The van der Waals surface area contributed by atoms with Gasteiger partial charge in [-0.2, -0.15) is 0 Å². The van der Waals surface area contributed by atoms with Gasteiger partial charge >= 0.3 is 0 Å². The van der Waals surface area contributed by atoms with Gasteiger partial charge in [-0.15, -0.1) is 0 Å². The van der Waals surface area contributed by atoms with Crippen LogP contribution in [0.3, 0.4) is 0 Å². The van der Waals surface area contributed by atoms with E-state index < -0.39 is 5.92 Å². The van der Waals surface area contributed by atoms with Gasteiger partial charge in [-0.25, -0.2) is 0 Å². The van der Waals surface area contributed by atoms with Gasteiger partial charge in [-0.1, -0.05) is 15.9 Å². The Morgan fingerprint density at radius 3 is 2.86 bits per heavy atom. The van der Waals surface area contributed by atoms with Crippen molar-refractivity contribution in [1.29, 1.82) is 0 Å². The smallest absolute Gasteiger partial charge is 0.241 e. The van der Waals surface area contributed by atoms with Gasteiger partial charge in [0, 0.05) is 17.2 Å². The fourth-order valence-corrected chi connectivity index (χ4v) is 2.05. The lowest BCUT2D eigenvalue weighted by Gasteiger charge is -2.08. The molecule has 0 saturated carbocycles. The van der Waals surface area contributed by atoms with Gasteiger partial charge in [0.2, 0.25) is 5.91 Å². The maximum Gasteiger partial charge on any atom is 0.241 e. The Morgan fingerprint density at radius 1 is 1.50 bits per heavy atom. The number of halogens is 1. The number of hydrogen-bond acceptors (Lipinski definition) is 2. The van der Waals surface area contributed by atoms with Gasteiger partial charge in [-0.05, 0) is 23.8 Å². The first kappa shape index (κ1) is 9.40. The number of hydrogen-bond donors (Lipinski definition) is 0. The molecule has 0 radical (unpaired) electrons. The van der Waals surface area contributed by atoms with Gasteiger partial charge in [0.25, 0.3) is 0 Å². The van der Waals surface area contributed by atoms with Crippen LogP contribution >= 0.6 is 15.9 Å². The summed E-state index contributed by atoms with van der Waals surface area (Å²) >= 11 is 3.32. The third-order valence-electron chi connectivity index (χ3n) is 2.42. The van der Waals surface area contributed by atoms with Crippen molar-refractivity contribution in [2.45, 2.75) is 5.92 Å². The Bertz CT molecular complexity index is 417. The lowest BCUT2D eigenvalue weighted by atomic mass is 10.0. The molecule has 0 saturated heterocycles. The number of nitrogens with zero attached hydrogens (tertiary/aromatic N) is 1. The zero-order valence-corrected chi connectivity index (χ0v) is 9.11. The quantitative estimate of drug-likeness (QED) is 0.565. The zero-order chi connectivity index (χ0) is 10.3. The van der Waals surface area contributed by atoms with Gasteiger partial charge in [0.15, 0.2) is 0 Å². The van der Waals surface area contributed by atoms with Crippen molar-refractivity contribution in [3.05, 3.63) is 28.2 Å². The Balaban J connectivity index is 2.61. The molecule has 2 rings (SSSR count). The minimum Gasteiger partial charge on any atom is -0.314 e. The number of carbonyl (C=O) groups excluding carboxylic acids is 2. The van der Waals surface area contributed by atoms with E-state index in [0.717, 1.165) is 15.7 Å². The molecule has 1 unspecified atom stereocenters. The third-order valence-corrected chi connectivity index (χ3v) is 2.91. The number of benzene rings is 1. The van der Waals surface area contributed by atoms with Crippen molar-refractivity contribution in [1.82, 2.24) is 0 Å². The van der Waals surface area contributed by atoms with Crippen LogP contribution in [0.5, 0.6) is 0 Å². The maximum atomic E-state index is 11.6. The molecule has 1 aromatic rings. The molecule has 1 atom stereocenters. The fraction of sp³-hybridized carbons (Fsp3) is 0.200. The summed E-state index contributed by atoms with van der Waals surface area (Å²) in [5, 5.41) is 0. The van der Waals surface area contributed by atoms with Crippen LogP contribution in [-0.4, -0.2) is 19.2 Å². The van der Waals surface area contributed by atoms with Crippen molar-refractivity contribution < 1.29 is 9.59 Å². The molecule has 3 nitrogen and oxygen atoms in total. The number of fused-ring (bicyclic) bond motifs is 1. The highest BCUT2D eigenvalue weighted by atomic mass is 79.9. The Kier molecular flexibility index (Phi) is 2.15. The molecular formula is C10H8BrNO2. The van der Waals surface area contributed by atoms with E-state index in [-0.39, 0.29) is 5.91 Å². The van der Waals surface area contributed by atoms with Gasteiger partial charge in [-0.3, -0.25) is 4.79 Å². The molecule has 0 fully saturated rings. The summed E-state index contributed by atoms with van der Waals surface area (Å²) < 4.78 is 0.881. The van der Waals surface area contributed by atoms with E-state index in [1.165, 1.54) is 4.90 Å². The minimum atomic E-state index is -0.632. The lowest BCUT2D eigenvalue weighted by molar-refractivity contribution is -0.122. The van der Waals surface area contributed by atoms with E-state index >= 15 is 0 Å². The van der Waals surface area contributed by atoms with E-state index in [1.807, 2.05) is 18.2 Å². The van der Waals surface area contributed by atoms with Crippen LogP contribution in [-0.2, 0) is 9.59 Å². The number of amides is 1. The van der Waals surface area contributed by atoms with Crippen LogP contribution in [0.2, 0.25) is 0 Å². The molecule has 0 bridgehead atoms. The molecule has 1 aliphatic heterocycles. The predicted octanol–water partition coefficient (Wildman–Crippen LogP) is 1.71. The summed E-state index contributed by atoms with van der Waals surface area (Å²) in [6, 6.07) is 5.51. The summed E-state index contributed by atoms with van der Waals surface area (Å²) in [5.74, 6) is -0.791. The van der Waals surface area contributed by atoms with Gasteiger partial charge in [0.05, 0.1) is 0 Å². The van der Waals surface area contributed by atoms with E-state index in [9.17, 15) is 9.59 Å². The molecule has 0 spiro atoms. The summed E-state index contributed by atoms with van der Waals surface area (Å²) in [6.45, 7) is 0. The van der Waals surface area contributed by atoms with Gasteiger partial charge < -0.3 is 9.69 Å². The molecule has 1 aliphatic rings. The minimum absolute atomic E-state index is 0.159. The first-order chi connectivity index (χ1) is 6.65. The molecule has 14 heavy (non-hydrogen) atoms. The highest BCUT2D eigenvalue weighted by molar-refractivity contribution is 9.10. The van der Waals surface area contributed by atoms with Gasteiger partial charge in [0.1, 0.15) is 12.2 Å². The molecule has 1 amide bonds.